The zero-order chi connectivity index (χ0) is 15.4. The van der Waals surface area contributed by atoms with E-state index in [9.17, 15) is 9.90 Å². The Kier molecular flexibility index (Phi) is 4.85. The Morgan fingerprint density at radius 3 is 2.81 bits per heavy atom. The molecule has 21 heavy (non-hydrogen) atoms. The van der Waals surface area contributed by atoms with Crippen LogP contribution in [0.3, 0.4) is 0 Å². The standard InChI is InChI=1S/C16H22N2O3/c1-10(2)6-7-17-15(16(19)20)13-9-18-14-5-4-11(21-3)8-12(13)14/h4-5,8-10,15,17-18H,6-7H2,1-3H3,(H,19,20). The third-order valence-corrected chi connectivity index (χ3v) is 3.55. The van der Waals surface area contributed by atoms with Crippen LogP contribution in [0.4, 0.5) is 0 Å². The van der Waals surface area contributed by atoms with Gasteiger partial charge in [-0.15, -0.1) is 0 Å². The Balaban J connectivity index is 2.29. The molecule has 1 heterocycles. The van der Waals surface area contributed by atoms with Crippen LogP contribution in [0.1, 0.15) is 31.9 Å². The summed E-state index contributed by atoms with van der Waals surface area (Å²) in [5.41, 5.74) is 1.64. The second-order valence-corrected chi connectivity index (χ2v) is 5.56. The summed E-state index contributed by atoms with van der Waals surface area (Å²) in [7, 11) is 1.60. The number of nitrogens with one attached hydrogen (secondary N) is 2. The smallest absolute Gasteiger partial charge is 0.325 e. The molecule has 0 radical (unpaired) electrons. The second kappa shape index (κ2) is 6.63. The molecule has 0 amide bonds. The number of methoxy groups -OCH3 is 1. The summed E-state index contributed by atoms with van der Waals surface area (Å²) in [6.07, 6.45) is 2.70. The highest BCUT2D eigenvalue weighted by Gasteiger charge is 2.22. The number of H-pyrrole nitrogens is 1. The molecule has 1 aromatic carbocycles. The van der Waals surface area contributed by atoms with Gasteiger partial charge < -0.3 is 20.1 Å². The summed E-state index contributed by atoms with van der Waals surface area (Å²) >= 11 is 0. The summed E-state index contributed by atoms with van der Waals surface area (Å²) in [5.74, 6) is 0.382. The van der Waals surface area contributed by atoms with Crippen molar-refractivity contribution in [2.75, 3.05) is 13.7 Å². The number of hydrogen-bond acceptors (Lipinski definition) is 3. The van der Waals surface area contributed by atoms with Crippen molar-refractivity contribution in [3.63, 3.8) is 0 Å². The summed E-state index contributed by atoms with van der Waals surface area (Å²) in [4.78, 5) is 14.7. The maximum atomic E-state index is 11.6. The highest BCUT2D eigenvalue weighted by molar-refractivity contribution is 5.90. The third-order valence-electron chi connectivity index (χ3n) is 3.55. The lowest BCUT2D eigenvalue weighted by atomic mass is 10.0. The first-order chi connectivity index (χ1) is 10.0. The molecule has 5 nitrogen and oxygen atoms in total. The lowest BCUT2D eigenvalue weighted by Gasteiger charge is -2.15. The number of aliphatic carboxylic acids is 1. The molecule has 0 spiro atoms. The van der Waals surface area contributed by atoms with E-state index >= 15 is 0 Å². The average molecular weight is 290 g/mol. The van der Waals surface area contributed by atoms with Crippen molar-refractivity contribution in [2.45, 2.75) is 26.3 Å². The number of fused-ring (bicyclic) bond motifs is 1. The van der Waals surface area contributed by atoms with E-state index in [2.05, 4.69) is 24.1 Å². The highest BCUT2D eigenvalue weighted by Crippen LogP contribution is 2.28. The van der Waals surface area contributed by atoms with E-state index < -0.39 is 12.0 Å². The van der Waals surface area contributed by atoms with Crippen molar-refractivity contribution in [3.8, 4) is 5.75 Å². The summed E-state index contributed by atoms with van der Waals surface area (Å²) in [6.45, 7) is 4.91. The largest absolute Gasteiger partial charge is 0.497 e. The van der Waals surface area contributed by atoms with Crippen LogP contribution >= 0.6 is 0 Å². The molecule has 0 bridgehead atoms. The quantitative estimate of drug-likeness (QED) is 0.733. The van der Waals surface area contributed by atoms with Crippen LogP contribution in [-0.2, 0) is 4.79 Å². The fourth-order valence-corrected chi connectivity index (χ4v) is 2.33. The molecular weight excluding hydrogens is 268 g/mol. The minimum Gasteiger partial charge on any atom is -0.497 e. The van der Waals surface area contributed by atoms with Gasteiger partial charge in [0.2, 0.25) is 0 Å². The van der Waals surface area contributed by atoms with Gasteiger partial charge in [0.25, 0.3) is 0 Å². The van der Waals surface area contributed by atoms with Gasteiger partial charge in [-0.25, -0.2) is 0 Å². The third kappa shape index (κ3) is 3.55. The Bertz CT molecular complexity index is 619. The van der Waals surface area contributed by atoms with Gasteiger partial charge >= 0.3 is 5.97 Å². The van der Waals surface area contributed by atoms with E-state index in [-0.39, 0.29) is 0 Å². The molecule has 0 saturated carbocycles. The van der Waals surface area contributed by atoms with Gasteiger partial charge in [0.05, 0.1) is 7.11 Å². The molecule has 1 atom stereocenters. The lowest BCUT2D eigenvalue weighted by molar-refractivity contribution is -0.139. The fourth-order valence-electron chi connectivity index (χ4n) is 2.33. The second-order valence-electron chi connectivity index (χ2n) is 5.56. The summed E-state index contributed by atoms with van der Waals surface area (Å²) in [6, 6.07) is 4.89. The summed E-state index contributed by atoms with van der Waals surface area (Å²) < 4.78 is 5.22. The molecule has 0 aliphatic carbocycles. The van der Waals surface area contributed by atoms with Gasteiger partial charge in [0.1, 0.15) is 11.8 Å². The van der Waals surface area contributed by atoms with E-state index in [1.165, 1.54) is 0 Å². The number of carboxylic acids is 1. The Morgan fingerprint density at radius 1 is 1.43 bits per heavy atom. The molecule has 0 fully saturated rings. The first-order valence-electron chi connectivity index (χ1n) is 7.14. The predicted molar refractivity (Wildman–Crippen MR) is 82.7 cm³/mol. The van der Waals surface area contributed by atoms with Gasteiger partial charge in [-0.2, -0.15) is 0 Å². The zero-order valence-electron chi connectivity index (χ0n) is 12.6. The van der Waals surface area contributed by atoms with E-state index in [0.717, 1.165) is 28.6 Å². The molecule has 0 aliphatic rings. The summed E-state index contributed by atoms with van der Waals surface area (Å²) in [5, 5.41) is 13.5. The van der Waals surface area contributed by atoms with Gasteiger partial charge in [-0.1, -0.05) is 13.8 Å². The van der Waals surface area contributed by atoms with E-state index in [0.29, 0.717) is 12.5 Å². The van der Waals surface area contributed by atoms with E-state index in [1.54, 1.807) is 13.3 Å². The maximum absolute atomic E-state index is 11.6. The molecule has 114 valence electrons. The molecule has 5 heteroatoms. The van der Waals surface area contributed by atoms with Crippen molar-refractivity contribution in [1.29, 1.82) is 0 Å². The molecule has 0 aliphatic heterocycles. The van der Waals surface area contributed by atoms with E-state index in [1.807, 2.05) is 18.2 Å². The fraction of sp³-hybridized carbons (Fsp3) is 0.438. The number of rotatable bonds is 7. The molecular formula is C16H22N2O3. The number of benzene rings is 1. The maximum Gasteiger partial charge on any atom is 0.325 e. The lowest BCUT2D eigenvalue weighted by Crippen LogP contribution is -2.29. The molecule has 2 rings (SSSR count). The first kappa shape index (κ1) is 15.4. The number of aromatic nitrogens is 1. The van der Waals surface area contributed by atoms with Crippen molar-refractivity contribution >= 4 is 16.9 Å². The molecule has 1 unspecified atom stereocenters. The monoisotopic (exact) mass is 290 g/mol. The molecule has 2 aromatic rings. The van der Waals surface area contributed by atoms with Crippen LogP contribution in [0, 0.1) is 5.92 Å². The number of carbonyl (C=O) groups is 1. The first-order valence-corrected chi connectivity index (χ1v) is 7.14. The normalized spacial score (nSPS) is 12.8. The van der Waals surface area contributed by atoms with Crippen molar-refractivity contribution in [3.05, 3.63) is 30.0 Å². The molecule has 0 saturated heterocycles. The van der Waals surface area contributed by atoms with Crippen molar-refractivity contribution in [2.24, 2.45) is 5.92 Å². The number of carboxylic acid groups (broad SMARTS) is 1. The Morgan fingerprint density at radius 2 is 2.19 bits per heavy atom. The van der Waals surface area contributed by atoms with Crippen LogP contribution in [0.15, 0.2) is 24.4 Å². The average Bonchev–Trinajstić information content (AvgIpc) is 2.85. The minimum atomic E-state index is -0.873. The van der Waals surface area contributed by atoms with Crippen LogP contribution in [0.25, 0.3) is 10.9 Å². The van der Waals surface area contributed by atoms with Crippen molar-refractivity contribution < 1.29 is 14.6 Å². The van der Waals surface area contributed by atoms with Crippen LogP contribution in [0.5, 0.6) is 5.75 Å². The predicted octanol–water partition coefficient (Wildman–Crippen LogP) is 2.94. The number of hydrogen-bond donors (Lipinski definition) is 3. The van der Waals surface area contributed by atoms with E-state index in [4.69, 9.17) is 4.74 Å². The topological polar surface area (TPSA) is 74.3 Å². The number of ether oxygens (including phenoxy) is 1. The zero-order valence-corrected chi connectivity index (χ0v) is 12.6. The van der Waals surface area contributed by atoms with Gasteiger partial charge in [-0.3, -0.25) is 4.79 Å². The van der Waals surface area contributed by atoms with Crippen LogP contribution in [-0.4, -0.2) is 29.7 Å². The van der Waals surface area contributed by atoms with Gasteiger partial charge in [0.15, 0.2) is 0 Å². The number of aromatic amines is 1. The molecule has 3 N–H and O–H groups in total. The van der Waals surface area contributed by atoms with Crippen molar-refractivity contribution in [1.82, 2.24) is 10.3 Å². The van der Waals surface area contributed by atoms with Gasteiger partial charge in [0, 0.05) is 22.7 Å². The Labute approximate surface area is 124 Å². The minimum absolute atomic E-state index is 0.537. The van der Waals surface area contributed by atoms with Crippen LogP contribution in [0.2, 0.25) is 0 Å². The highest BCUT2D eigenvalue weighted by atomic mass is 16.5. The molecule has 1 aromatic heterocycles. The Hall–Kier alpha value is -2.01. The van der Waals surface area contributed by atoms with Crippen LogP contribution < -0.4 is 10.1 Å². The SMILES string of the molecule is COc1ccc2[nH]cc(C(NCCC(C)C)C(=O)O)c2c1. The van der Waals surface area contributed by atoms with Gasteiger partial charge in [-0.05, 0) is 37.1 Å².